The quantitative estimate of drug-likeness (QED) is 0.618. The van der Waals surface area contributed by atoms with Crippen molar-refractivity contribution in [3.8, 4) is 0 Å². The monoisotopic (exact) mass is 164 g/mol. The molecule has 0 spiro atoms. The molecule has 62 valence electrons. The van der Waals surface area contributed by atoms with Gasteiger partial charge in [0.05, 0.1) is 13.2 Å². The first kappa shape index (κ1) is 10.3. The first-order chi connectivity index (χ1) is 4.62. The SMILES string of the molecule is COCCSC(C)(C)CO. The summed E-state index contributed by atoms with van der Waals surface area (Å²) in [5, 5.41) is 8.83. The van der Waals surface area contributed by atoms with Gasteiger partial charge in [-0.15, -0.1) is 0 Å². The third kappa shape index (κ3) is 5.09. The Morgan fingerprint density at radius 3 is 2.50 bits per heavy atom. The molecule has 10 heavy (non-hydrogen) atoms. The van der Waals surface area contributed by atoms with E-state index < -0.39 is 0 Å². The van der Waals surface area contributed by atoms with Crippen LogP contribution in [0.4, 0.5) is 0 Å². The minimum Gasteiger partial charge on any atom is -0.395 e. The Hall–Kier alpha value is 0.270. The van der Waals surface area contributed by atoms with Crippen LogP contribution < -0.4 is 0 Å². The summed E-state index contributed by atoms with van der Waals surface area (Å²) in [4.78, 5) is 0. The molecule has 0 aliphatic heterocycles. The summed E-state index contributed by atoms with van der Waals surface area (Å²) in [6, 6.07) is 0. The zero-order valence-corrected chi connectivity index (χ0v) is 7.70. The molecule has 0 amide bonds. The fraction of sp³-hybridized carbons (Fsp3) is 1.00. The number of aliphatic hydroxyl groups is 1. The van der Waals surface area contributed by atoms with Crippen LogP contribution in [0, 0.1) is 0 Å². The third-order valence-corrected chi connectivity index (χ3v) is 2.44. The number of rotatable bonds is 5. The fourth-order valence-corrected chi connectivity index (χ4v) is 1.34. The molecule has 0 aliphatic rings. The number of aliphatic hydroxyl groups excluding tert-OH is 1. The van der Waals surface area contributed by atoms with E-state index in [1.165, 1.54) is 0 Å². The van der Waals surface area contributed by atoms with E-state index in [9.17, 15) is 0 Å². The Kier molecular flexibility index (Phi) is 5.13. The van der Waals surface area contributed by atoms with Gasteiger partial charge in [0.25, 0.3) is 0 Å². The Bertz CT molecular complexity index is 83.7. The van der Waals surface area contributed by atoms with Crippen molar-refractivity contribution in [2.24, 2.45) is 0 Å². The molecular weight excluding hydrogens is 148 g/mol. The topological polar surface area (TPSA) is 29.5 Å². The largest absolute Gasteiger partial charge is 0.395 e. The predicted octanol–water partition coefficient (Wildman–Crippen LogP) is 1.14. The van der Waals surface area contributed by atoms with Crippen molar-refractivity contribution in [1.82, 2.24) is 0 Å². The highest BCUT2D eigenvalue weighted by molar-refractivity contribution is 8.00. The normalized spacial score (nSPS) is 12.0. The minimum absolute atomic E-state index is 0.0153. The van der Waals surface area contributed by atoms with Crippen molar-refractivity contribution in [2.45, 2.75) is 18.6 Å². The maximum Gasteiger partial charge on any atom is 0.0572 e. The lowest BCUT2D eigenvalue weighted by atomic mass is 10.2. The number of hydrogen-bond acceptors (Lipinski definition) is 3. The van der Waals surface area contributed by atoms with Crippen LogP contribution in [0.25, 0.3) is 0 Å². The molecule has 0 unspecified atom stereocenters. The summed E-state index contributed by atoms with van der Waals surface area (Å²) in [6.45, 7) is 5.02. The van der Waals surface area contributed by atoms with Crippen LogP contribution in [0.3, 0.4) is 0 Å². The lowest BCUT2D eigenvalue weighted by Gasteiger charge is -2.20. The summed E-state index contributed by atoms with van der Waals surface area (Å²) in [5.41, 5.74) is 0. The molecule has 0 rings (SSSR count). The van der Waals surface area contributed by atoms with Gasteiger partial charge in [-0.25, -0.2) is 0 Å². The van der Waals surface area contributed by atoms with Crippen LogP contribution in [-0.2, 0) is 4.74 Å². The van der Waals surface area contributed by atoms with Crippen LogP contribution >= 0.6 is 11.8 Å². The zero-order chi connectivity index (χ0) is 8.04. The average Bonchev–Trinajstić information content (AvgIpc) is 1.89. The molecule has 0 aromatic heterocycles. The van der Waals surface area contributed by atoms with Gasteiger partial charge >= 0.3 is 0 Å². The van der Waals surface area contributed by atoms with Gasteiger partial charge in [0, 0.05) is 17.6 Å². The second-order valence-corrected chi connectivity index (χ2v) is 4.56. The molecule has 0 aromatic carbocycles. The lowest BCUT2D eigenvalue weighted by Crippen LogP contribution is -2.21. The summed E-state index contributed by atoms with van der Waals surface area (Å²) in [7, 11) is 1.69. The maximum absolute atomic E-state index is 8.83. The summed E-state index contributed by atoms with van der Waals surface area (Å²) < 4.78 is 4.86. The van der Waals surface area contributed by atoms with E-state index in [1.54, 1.807) is 18.9 Å². The van der Waals surface area contributed by atoms with Crippen molar-refractivity contribution in [2.75, 3.05) is 26.1 Å². The van der Waals surface area contributed by atoms with Crippen LogP contribution in [0.2, 0.25) is 0 Å². The molecule has 0 saturated carbocycles. The number of thioether (sulfide) groups is 1. The van der Waals surface area contributed by atoms with Gasteiger partial charge in [-0.05, 0) is 13.8 Å². The van der Waals surface area contributed by atoms with Crippen molar-refractivity contribution in [3.63, 3.8) is 0 Å². The highest BCUT2D eigenvalue weighted by atomic mass is 32.2. The van der Waals surface area contributed by atoms with Crippen molar-refractivity contribution < 1.29 is 9.84 Å². The van der Waals surface area contributed by atoms with Crippen molar-refractivity contribution in [3.05, 3.63) is 0 Å². The molecule has 0 fully saturated rings. The smallest absolute Gasteiger partial charge is 0.0572 e. The van der Waals surface area contributed by atoms with Crippen LogP contribution in [-0.4, -0.2) is 35.9 Å². The van der Waals surface area contributed by atoms with E-state index in [-0.39, 0.29) is 11.4 Å². The lowest BCUT2D eigenvalue weighted by molar-refractivity contribution is 0.217. The Morgan fingerprint density at radius 1 is 1.50 bits per heavy atom. The highest BCUT2D eigenvalue weighted by Crippen LogP contribution is 2.22. The molecule has 3 heteroatoms. The molecule has 0 heterocycles. The molecule has 0 atom stereocenters. The fourth-order valence-electron chi connectivity index (χ4n) is 0.447. The second-order valence-electron chi connectivity index (χ2n) is 2.76. The molecule has 1 N–H and O–H groups in total. The van der Waals surface area contributed by atoms with Gasteiger partial charge in [-0.3, -0.25) is 0 Å². The highest BCUT2D eigenvalue weighted by Gasteiger charge is 2.15. The van der Waals surface area contributed by atoms with Crippen molar-refractivity contribution >= 4 is 11.8 Å². The first-order valence-electron chi connectivity index (χ1n) is 3.36. The predicted molar refractivity (Wildman–Crippen MR) is 45.5 cm³/mol. The molecule has 2 nitrogen and oxygen atoms in total. The van der Waals surface area contributed by atoms with Crippen LogP contribution in [0.5, 0.6) is 0 Å². The molecule has 0 bridgehead atoms. The van der Waals surface area contributed by atoms with Crippen LogP contribution in [0.1, 0.15) is 13.8 Å². The van der Waals surface area contributed by atoms with Gasteiger partial charge in [-0.1, -0.05) is 0 Å². The van der Waals surface area contributed by atoms with Gasteiger partial charge in [0.2, 0.25) is 0 Å². The second kappa shape index (κ2) is 4.99. The van der Waals surface area contributed by atoms with Gasteiger partial charge in [0.1, 0.15) is 0 Å². The average molecular weight is 164 g/mol. The summed E-state index contributed by atoms with van der Waals surface area (Å²) >= 11 is 1.73. The zero-order valence-electron chi connectivity index (χ0n) is 6.89. The van der Waals surface area contributed by atoms with Gasteiger partial charge in [-0.2, -0.15) is 11.8 Å². The number of methoxy groups -OCH3 is 1. The molecule has 0 radical (unpaired) electrons. The van der Waals surface area contributed by atoms with Gasteiger partial charge < -0.3 is 9.84 Å². The Morgan fingerprint density at radius 2 is 2.10 bits per heavy atom. The molecule has 0 aromatic rings. The first-order valence-corrected chi connectivity index (χ1v) is 4.35. The maximum atomic E-state index is 8.83. The number of ether oxygens (including phenoxy) is 1. The minimum atomic E-state index is -0.0153. The van der Waals surface area contributed by atoms with Crippen molar-refractivity contribution in [1.29, 1.82) is 0 Å². The van der Waals surface area contributed by atoms with E-state index in [2.05, 4.69) is 0 Å². The Labute approximate surface area is 67.0 Å². The standard InChI is InChI=1S/C7H16O2S/c1-7(2,6-8)10-5-4-9-3/h8H,4-6H2,1-3H3. The summed E-state index contributed by atoms with van der Waals surface area (Å²) in [6.07, 6.45) is 0. The molecule has 0 aliphatic carbocycles. The molecular formula is C7H16O2S. The van der Waals surface area contributed by atoms with E-state index in [1.807, 2.05) is 13.8 Å². The molecule has 0 saturated heterocycles. The van der Waals surface area contributed by atoms with E-state index in [0.717, 1.165) is 12.4 Å². The van der Waals surface area contributed by atoms with E-state index in [0.29, 0.717) is 0 Å². The van der Waals surface area contributed by atoms with E-state index >= 15 is 0 Å². The van der Waals surface area contributed by atoms with Crippen LogP contribution in [0.15, 0.2) is 0 Å². The summed E-state index contributed by atoms with van der Waals surface area (Å²) in [5.74, 6) is 0.948. The number of hydrogen-bond donors (Lipinski definition) is 1. The Balaban J connectivity index is 3.28. The van der Waals surface area contributed by atoms with Gasteiger partial charge in [0.15, 0.2) is 0 Å². The van der Waals surface area contributed by atoms with E-state index in [4.69, 9.17) is 9.84 Å². The third-order valence-electron chi connectivity index (χ3n) is 1.16.